The van der Waals surface area contributed by atoms with E-state index in [1.165, 1.54) is 0 Å². The van der Waals surface area contributed by atoms with Gasteiger partial charge in [-0.15, -0.1) is 0 Å². The third kappa shape index (κ3) is 4.96. The molecule has 0 heterocycles. The topological polar surface area (TPSA) is 118 Å². The average molecular weight is 523 g/mol. The fourth-order valence-corrected chi connectivity index (χ4v) is 4.30. The summed E-state index contributed by atoms with van der Waals surface area (Å²) in [5.41, 5.74) is -7.14. The summed E-state index contributed by atoms with van der Waals surface area (Å²) < 4.78 is 139. The summed E-state index contributed by atoms with van der Waals surface area (Å²) in [6.07, 6.45) is -12.2. The van der Waals surface area contributed by atoms with E-state index in [1.54, 1.807) is 0 Å². The average Bonchev–Trinajstić information content (AvgIpc) is 2.66. The van der Waals surface area contributed by atoms with Crippen molar-refractivity contribution in [2.24, 2.45) is 0 Å². The highest BCUT2D eigenvalue weighted by atomic mass is 32.2. The zero-order valence-electron chi connectivity index (χ0n) is 16.0. The number of amides is 1. The predicted octanol–water partition coefficient (Wildman–Crippen LogP) is 2.86. The number of alkyl halides is 6. The lowest BCUT2D eigenvalue weighted by Gasteiger charge is -2.30. The molecule has 1 amide bonds. The highest BCUT2D eigenvalue weighted by Gasteiger charge is 2.75. The first-order chi connectivity index (χ1) is 14.7. The standard InChI is InChI=1S/C17H12F7NO6S2/c1-32(28,29)9-2-4-10(5-3-9)33(30,31)11-6-7-13(12(18)8-11)25-14(26)15(27,16(19,20)21)17(22,23)24/h2-8,27H,1H3,(H,25,26). The van der Waals surface area contributed by atoms with Gasteiger partial charge < -0.3 is 10.4 Å². The number of sulfone groups is 2. The van der Waals surface area contributed by atoms with Crippen LogP contribution < -0.4 is 5.32 Å². The molecule has 0 aromatic heterocycles. The Hall–Kier alpha value is -2.72. The summed E-state index contributed by atoms with van der Waals surface area (Å²) in [6, 6.07) is 4.80. The van der Waals surface area contributed by atoms with Gasteiger partial charge in [0.1, 0.15) is 5.82 Å². The molecule has 33 heavy (non-hydrogen) atoms. The van der Waals surface area contributed by atoms with Crippen molar-refractivity contribution in [2.75, 3.05) is 11.6 Å². The maximum Gasteiger partial charge on any atom is 0.435 e. The van der Waals surface area contributed by atoms with Crippen molar-refractivity contribution >= 4 is 31.3 Å². The molecular formula is C17H12F7NO6S2. The molecule has 2 aromatic rings. The zero-order chi connectivity index (χ0) is 25.6. The molecule has 0 saturated carbocycles. The summed E-state index contributed by atoms with van der Waals surface area (Å²) >= 11 is 0. The third-order valence-corrected chi connectivity index (χ3v) is 7.11. The lowest BCUT2D eigenvalue weighted by molar-refractivity contribution is -0.348. The van der Waals surface area contributed by atoms with Crippen molar-refractivity contribution in [3.63, 3.8) is 0 Å². The smallest absolute Gasteiger partial charge is 0.366 e. The van der Waals surface area contributed by atoms with Crippen molar-refractivity contribution in [3.05, 3.63) is 48.3 Å². The second-order valence-corrected chi connectivity index (χ2v) is 10.5. The second-order valence-electron chi connectivity index (χ2n) is 6.55. The summed E-state index contributed by atoms with van der Waals surface area (Å²) in [5.74, 6) is -4.79. The molecule has 2 N–H and O–H groups in total. The highest BCUT2D eigenvalue weighted by molar-refractivity contribution is 7.91. The zero-order valence-corrected chi connectivity index (χ0v) is 17.6. The molecule has 2 rings (SSSR count). The van der Waals surface area contributed by atoms with Crippen LogP contribution in [0.25, 0.3) is 0 Å². The van der Waals surface area contributed by atoms with Gasteiger partial charge in [0.05, 0.1) is 20.4 Å². The number of nitrogens with one attached hydrogen (secondary N) is 1. The molecule has 0 bridgehead atoms. The SMILES string of the molecule is CS(=O)(=O)c1ccc(S(=O)(=O)c2ccc(NC(=O)C(O)(C(F)(F)F)C(F)(F)F)c(F)c2)cc1. The number of anilines is 1. The van der Waals surface area contributed by atoms with Gasteiger partial charge in [-0.1, -0.05) is 0 Å². The molecule has 0 unspecified atom stereocenters. The summed E-state index contributed by atoms with van der Waals surface area (Å²) in [7, 11) is -8.16. The number of benzene rings is 2. The van der Waals surface area contributed by atoms with Gasteiger partial charge in [0.25, 0.3) is 5.91 Å². The van der Waals surface area contributed by atoms with Crippen molar-refractivity contribution in [3.8, 4) is 0 Å². The molecule has 16 heteroatoms. The van der Waals surface area contributed by atoms with Gasteiger partial charge in [-0.3, -0.25) is 4.79 Å². The first kappa shape index (κ1) is 26.5. The maximum atomic E-state index is 14.3. The summed E-state index contributed by atoms with van der Waals surface area (Å²) in [4.78, 5) is 10.0. The molecule has 7 nitrogen and oxygen atoms in total. The number of carbonyl (C=O) groups is 1. The predicted molar refractivity (Wildman–Crippen MR) is 97.1 cm³/mol. The fraction of sp³-hybridized carbons (Fsp3) is 0.235. The normalized spacial score (nSPS) is 13.6. The van der Waals surface area contributed by atoms with Gasteiger partial charge in [0.15, 0.2) is 9.84 Å². The van der Waals surface area contributed by atoms with Gasteiger partial charge in [-0.05, 0) is 42.5 Å². The van der Waals surface area contributed by atoms with Crippen LogP contribution in [0, 0.1) is 5.82 Å². The molecule has 0 aliphatic heterocycles. The number of hydrogen-bond donors (Lipinski definition) is 2. The van der Waals surface area contributed by atoms with Crippen molar-refractivity contribution < 1.29 is 57.5 Å². The van der Waals surface area contributed by atoms with Gasteiger partial charge >= 0.3 is 18.0 Å². The van der Waals surface area contributed by atoms with Crippen LogP contribution in [0.5, 0.6) is 0 Å². The Morgan fingerprint density at radius 3 is 1.64 bits per heavy atom. The van der Waals surface area contributed by atoms with Crippen LogP contribution in [0.4, 0.5) is 36.4 Å². The van der Waals surface area contributed by atoms with E-state index in [-0.39, 0.29) is 11.0 Å². The van der Waals surface area contributed by atoms with Gasteiger partial charge in [-0.25, -0.2) is 21.2 Å². The van der Waals surface area contributed by atoms with Crippen LogP contribution >= 0.6 is 0 Å². The maximum absolute atomic E-state index is 14.3. The molecular weight excluding hydrogens is 511 g/mol. The molecule has 2 aromatic carbocycles. The van der Waals surface area contributed by atoms with E-state index in [4.69, 9.17) is 5.11 Å². The Balaban J connectivity index is 2.41. The molecule has 0 radical (unpaired) electrons. The van der Waals surface area contributed by atoms with Crippen LogP contribution in [0.1, 0.15) is 0 Å². The van der Waals surface area contributed by atoms with Crippen LogP contribution in [-0.2, 0) is 24.5 Å². The second kappa shape index (κ2) is 8.25. The number of carbonyl (C=O) groups excluding carboxylic acids is 1. The minimum Gasteiger partial charge on any atom is -0.366 e. The van der Waals surface area contributed by atoms with Crippen LogP contribution in [-0.4, -0.2) is 52.1 Å². The van der Waals surface area contributed by atoms with Crippen molar-refractivity contribution in [1.29, 1.82) is 0 Å². The van der Waals surface area contributed by atoms with Crippen LogP contribution in [0.3, 0.4) is 0 Å². The quantitative estimate of drug-likeness (QED) is 0.583. The fourth-order valence-electron chi connectivity index (χ4n) is 2.40. The van der Waals surface area contributed by atoms with Crippen molar-refractivity contribution in [2.45, 2.75) is 32.6 Å². The molecule has 0 aliphatic carbocycles. The lowest BCUT2D eigenvalue weighted by atomic mass is 10.0. The van der Waals surface area contributed by atoms with E-state index in [0.29, 0.717) is 12.1 Å². The molecule has 0 aliphatic rings. The van der Waals surface area contributed by atoms with E-state index >= 15 is 0 Å². The third-order valence-electron chi connectivity index (χ3n) is 4.21. The van der Waals surface area contributed by atoms with E-state index < -0.39 is 64.8 Å². The number of rotatable bonds is 5. The lowest BCUT2D eigenvalue weighted by Crippen LogP contribution is -2.64. The van der Waals surface area contributed by atoms with Gasteiger partial charge in [0, 0.05) is 6.26 Å². The molecule has 0 fully saturated rings. The Bertz CT molecular complexity index is 1270. The van der Waals surface area contributed by atoms with Crippen molar-refractivity contribution in [1.82, 2.24) is 0 Å². The largest absolute Gasteiger partial charge is 0.435 e. The molecule has 182 valence electrons. The molecule has 0 atom stereocenters. The minimum atomic E-state index is -6.51. The number of halogens is 7. The Morgan fingerprint density at radius 1 is 0.818 bits per heavy atom. The van der Waals surface area contributed by atoms with Crippen LogP contribution in [0.2, 0.25) is 0 Å². The Kier molecular flexibility index (Phi) is 6.63. The van der Waals surface area contributed by atoms with E-state index in [1.807, 2.05) is 0 Å². The summed E-state index contributed by atoms with van der Waals surface area (Å²) in [5, 5.41) is 9.93. The van der Waals surface area contributed by atoms with Crippen LogP contribution in [0.15, 0.2) is 57.2 Å². The highest BCUT2D eigenvalue weighted by Crippen LogP contribution is 2.43. The minimum absolute atomic E-state index is 0.204. The first-order valence-corrected chi connectivity index (χ1v) is 11.6. The monoisotopic (exact) mass is 523 g/mol. The van der Waals surface area contributed by atoms with Gasteiger partial charge in [0.2, 0.25) is 9.84 Å². The molecule has 0 spiro atoms. The molecule has 0 saturated heterocycles. The summed E-state index contributed by atoms with van der Waals surface area (Å²) in [6.45, 7) is 0. The number of hydrogen-bond acceptors (Lipinski definition) is 6. The number of aliphatic hydroxyl groups is 1. The van der Waals surface area contributed by atoms with E-state index in [0.717, 1.165) is 35.8 Å². The van der Waals surface area contributed by atoms with Gasteiger partial charge in [-0.2, -0.15) is 26.3 Å². The Morgan fingerprint density at radius 2 is 1.24 bits per heavy atom. The van der Waals surface area contributed by atoms with E-state index in [2.05, 4.69) is 0 Å². The Labute approximate surface area is 181 Å². The first-order valence-electron chi connectivity index (χ1n) is 8.25. The van der Waals surface area contributed by atoms with E-state index in [9.17, 15) is 52.4 Å².